The van der Waals surface area contributed by atoms with Crippen LogP contribution in [0.1, 0.15) is 31.2 Å². The Morgan fingerprint density at radius 3 is 2.88 bits per heavy atom. The van der Waals surface area contributed by atoms with E-state index in [1.165, 1.54) is 37.8 Å². The Morgan fingerprint density at radius 1 is 1.38 bits per heavy atom. The van der Waals surface area contributed by atoms with E-state index in [1.807, 2.05) is 6.20 Å². The van der Waals surface area contributed by atoms with Crippen molar-refractivity contribution in [1.29, 1.82) is 0 Å². The van der Waals surface area contributed by atoms with Gasteiger partial charge in [0.1, 0.15) is 0 Å². The van der Waals surface area contributed by atoms with Crippen LogP contribution in [0.5, 0.6) is 0 Å². The molecule has 2 aliphatic rings. The molecule has 2 saturated heterocycles. The molecule has 2 N–H and O–H groups in total. The maximum atomic E-state index is 5.46. The summed E-state index contributed by atoms with van der Waals surface area (Å²) in [7, 11) is 0. The summed E-state index contributed by atoms with van der Waals surface area (Å²) in [6, 6.07) is 2.89. The SMILES string of the molecule is c1cc(C2(CC3CCCCN3)COC2)c[nH]1. The Balaban J connectivity index is 1.70. The van der Waals surface area contributed by atoms with Crippen molar-refractivity contribution in [3.8, 4) is 0 Å². The van der Waals surface area contributed by atoms with Crippen LogP contribution in [-0.2, 0) is 10.2 Å². The Labute approximate surface area is 96.6 Å². The first-order valence-corrected chi connectivity index (χ1v) is 6.33. The van der Waals surface area contributed by atoms with Crippen LogP contribution in [0, 0.1) is 0 Å². The highest BCUT2D eigenvalue weighted by molar-refractivity contribution is 5.25. The number of aromatic amines is 1. The van der Waals surface area contributed by atoms with Gasteiger partial charge in [0.25, 0.3) is 0 Å². The molecule has 1 aromatic rings. The molecule has 1 unspecified atom stereocenters. The number of rotatable bonds is 3. The molecule has 0 aliphatic carbocycles. The van der Waals surface area contributed by atoms with Crippen molar-refractivity contribution < 1.29 is 4.74 Å². The number of aromatic nitrogens is 1. The molecule has 0 saturated carbocycles. The molecule has 2 fully saturated rings. The highest BCUT2D eigenvalue weighted by Gasteiger charge is 2.42. The van der Waals surface area contributed by atoms with Crippen LogP contribution in [0.3, 0.4) is 0 Å². The molecule has 0 aromatic carbocycles. The third-order valence-corrected chi connectivity index (χ3v) is 4.02. The predicted octanol–water partition coefficient (Wildman–Crippen LogP) is 1.81. The molecule has 0 amide bonds. The molecule has 2 aliphatic heterocycles. The van der Waals surface area contributed by atoms with Crippen LogP contribution in [0.2, 0.25) is 0 Å². The zero-order valence-corrected chi connectivity index (χ0v) is 9.67. The highest BCUT2D eigenvalue weighted by atomic mass is 16.5. The summed E-state index contributed by atoms with van der Waals surface area (Å²) in [6.07, 6.45) is 9.41. The minimum absolute atomic E-state index is 0.287. The lowest BCUT2D eigenvalue weighted by Crippen LogP contribution is -2.51. The molecule has 3 nitrogen and oxygen atoms in total. The average Bonchev–Trinajstić information content (AvgIpc) is 2.78. The Hall–Kier alpha value is -0.800. The third-order valence-electron chi connectivity index (χ3n) is 4.02. The molecular weight excluding hydrogens is 200 g/mol. The molecule has 3 heteroatoms. The minimum Gasteiger partial charge on any atom is -0.379 e. The topological polar surface area (TPSA) is 37.0 Å². The molecular formula is C13H20N2O. The largest absolute Gasteiger partial charge is 0.379 e. The van der Waals surface area contributed by atoms with E-state index in [0.29, 0.717) is 6.04 Å². The molecule has 0 radical (unpaired) electrons. The van der Waals surface area contributed by atoms with E-state index in [9.17, 15) is 0 Å². The van der Waals surface area contributed by atoms with Crippen LogP contribution in [0.15, 0.2) is 18.5 Å². The fourth-order valence-electron chi connectivity index (χ4n) is 2.97. The van der Waals surface area contributed by atoms with Crippen molar-refractivity contribution in [2.45, 2.75) is 37.1 Å². The monoisotopic (exact) mass is 220 g/mol. The summed E-state index contributed by atoms with van der Waals surface area (Å²) in [5.41, 5.74) is 1.71. The van der Waals surface area contributed by atoms with Crippen LogP contribution in [0.4, 0.5) is 0 Å². The van der Waals surface area contributed by atoms with Gasteiger partial charge in [-0.2, -0.15) is 0 Å². The fourth-order valence-corrected chi connectivity index (χ4v) is 2.97. The zero-order chi connectivity index (χ0) is 10.8. The van der Waals surface area contributed by atoms with E-state index in [4.69, 9.17) is 4.74 Å². The van der Waals surface area contributed by atoms with Crippen LogP contribution >= 0.6 is 0 Å². The standard InChI is InChI=1S/C13H20N2O/c1-2-5-15-12(3-1)7-13(9-16-10-13)11-4-6-14-8-11/h4,6,8,12,14-15H,1-3,5,7,9-10H2. The average molecular weight is 220 g/mol. The first kappa shape index (κ1) is 10.4. The normalized spacial score (nSPS) is 28.6. The second-order valence-corrected chi connectivity index (χ2v) is 5.22. The molecule has 1 aromatic heterocycles. The van der Waals surface area contributed by atoms with Gasteiger partial charge in [0.05, 0.1) is 13.2 Å². The lowest BCUT2D eigenvalue weighted by atomic mass is 9.74. The molecule has 1 atom stereocenters. The third kappa shape index (κ3) is 1.78. The van der Waals surface area contributed by atoms with Gasteiger partial charge in [0.15, 0.2) is 0 Å². The quantitative estimate of drug-likeness (QED) is 0.815. The summed E-state index contributed by atoms with van der Waals surface area (Å²) < 4.78 is 5.46. The number of nitrogens with one attached hydrogen (secondary N) is 2. The molecule has 0 spiro atoms. The molecule has 16 heavy (non-hydrogen) atoms. The summed E-state index contributed by atoms with van der Waals surface area (Å²) in [6.45, 7) is 2.97. The van der Waals surface area contributed by atoms with Gasteiger partial charge >= 0.3 is 0 Å². The lowest BCUT2D eigenvalue weighted by Gasteiger charge is -2.44. The molecule has 88 valence electrons. The van der Waals surface area contributed by atoms with Crippen molar-refractivity contribution in [1.82, 2.24) is 10.3 Å². The Bertz CT molecular complexity index is 324. The van der Waals surface area contributed by atoms with Gasteiger partial charge in [-0.15, -0.1) is 0 Å². The van der Waals surface area contributed by atoms with Crippen LogP contribution < -0.4 is 5.32 Å². The number of hydrogen-bond donors (Lipinski definition) is 2. The van der Waals surface area contributed by atoms with E-state index in [-0.39, 0.29) is 5.41 Å². The predicted molar refractivity (Wildman–Crippen MR) is 63.5 cm³/mol. The van der Waals surface area contributed by atoms with Crippen molar-refractivity contribution in [3.63, 3.8) is 0 Å². The number of piperidine rings is 1. The van der Waals surface area contributed by atoms with Crippen molar-refractivity contribution in [3.05, 3.63) is 24.0 Å². The maximum absolute atomic E-state index is 5.46. The Kier molecular flexibility index (Phi) is 2.74. The molecule has 0 bridgehead atoms. The van der Waals surface area contributed by atoms with E-state index < -0.39 is 0 Å². The number of ether oxygens (including phenoxy) is 1. The maximum Gasteiger partial charge on any atom is 0.0586 e. The minimum atomic E-state index is 0.287. The first-order valence-electron chi connectivity index (χ1n) is 6.33. The highest BCUT2D eigenvalue weighted by Crippen LogP contribution is 2.37. The van der Waals surface area contributed by atoms with Crippen molar-refractivity contribution >= 4 is 0 Å². The van der Waals surface area contributed by atoms with E-state index >= 15 is 0 Å². The summed E-state index contributed by atoms with van der Waals surface area (Å²) in [4.78, 5) is 3.16. The fraction of sp³-hybridized carbons (Fsp3) is 0.692. The van der Waals surface area contributed by atoms with Crippen molar-refractivity contribution in [2.75, 3.05) is 19.8 Å². The second-order valence-electron chi connectivity index (χ2n) is 5.22. The van der Waals surface area contributed by atoms with Gasteiger partial charge in [-0.3, -0.25) is 0 Å². The first-order chi connectivity index (χ1) is 7.89. The number of hydrogen-bond acceptors (Lipinski definition) is 2. The zero-order valence-electron chi connectivity index (χ0n) is 9.67. The van der Waals surface area contributed by atoms with E-state index in [1.54, 1.807) is 0 Å². The van der Waals surface area contributed by atoms with Crippen LogP contribution in [-0.4, -0.2) is 30.8 Å². The van der Waals surface area contributed by atoms with Gasteiger partial charge < -0.3 is 15.0 Å². The van der Waals surface area contributed by atoms with Gasteiger partial charge in [0.2, 0.25) is 0 Å². The van der Waals surface area contributed by atoms with E-state index in [0.717, 1.165) is 13.2 Å². The summed E-state index contributed by atoms with van der Waals surface area (Å²) >= 11 is 0. The smallest absolute Gasteiger partial charge is 0.0586 e. The number of H-pyrrole nitrogens is 1. The summed E-state index contributed by atoms with van der Waals surface area (Å²) in [5, 5.41) is 3.64. The van der Waals surface area contributed by atoms with E-state index in [2.05, 4.69) is 22.6 Å². The van der Waals surface area contributed by atoms with Gasteiger partial charge in [-0.05, 0) is 37.4 Å². The molecule has 3 heterocycles. The van der Waals surface area contributed by atoms with Crippen molar-refractivity contribution in [2.24, 2.45) is 0 Å². The summed E-state index contributed by atoms with van der Waals surface area (Å²) in [5.74, 6) is 0. The van der Waals surface area contributed by atoms with Gasteiger partial charge in [-0.25, -0.2) is 0 Å². The van der Waals surface area contributed by atoms with Gasteiger partial charge in [0, 0.05) is 23.9 Å². The van der Waals surface area contributed by atoms with Crippen LogP contribution in [0.25, 0.3) is 0 Å². The molecule has 3 rings (SSSR count). The second kappa shape index (κ2) is 4.22. The van der Waals surface area contributed by atoms with Gasteiger partial charge in [-0.1, -0.05) is 6.42 Å². The lowest BCUT2D eigenvalue weighted by molar-refractivity contribution is -0.0695. The Morgan fingerprint density at radius 2 is 2.31 bits per heavy atom.